The molecule has 23 heavy (non-hydrogen) atoms. The Morgan fingerprint density at radius 3 is 1.48 bits per heavy atom. The molecule has 0 aliphatic rings. The van der Waals surface area contributed by atoms with Crippen molar-refractivity contribution in [1.29, 1.82) is 0 Å². The van der Waals surface area contributed by atoms with Gasteiger partial charge in [0.15, 0.2) is 0 Å². The van der Waals surface area contributed by atoms with Crippen LogP contribution in [0.15, 0.2) is 0 Å². The Labute approximate surface area is 137 Å². The van der Waals surface area contributed by atoms with Gasteiger partial charge in [-0.05, 0) is 6.92 Å². The number of carbonyl (C=O) groups excluding carboxylic acids is 1. The second kappa shape index (κ2) is 19.2. The van der Waals surface area contributed by atoms with E-state index < -0.39 is 6.67 Å². The van der Waals surface area contributed by atoms with Crippen LogP contribution in [0.5, 0.6) is 0 Å². The largest absolute Gasteiger partial charge is 0.466 e. The number of alkyl halides is 1. The van der Waals surface area contributed by atoms with E-state index in [9.17, 15) is 9.18 Å². The molecule has 0 fully saturated rings. The first-order valence-electron chi connectivity index (χ1n) is 7.91. The summed E-state index contributed by atoms with van der Waals surface area (Å²) in [5, 5.41) is 0. The maximum absolute atomic E-state index is 11.7. The fourth-order valence-corrected chi connectivity index (χ4v) is 1.42. The molecule has 0 saturated heterocycles. The SMILES string of the molecule is CCOC(=O)CCOCCOCCOCCOCCOCCF. The van der Waals surface area contributed by atoms with Gasteiger partial charge >= 0.3 is 5.97 Å². The molecule has 0 heterocycles. The first-order chi connectivity index (χ1) is 11.3. The van der Waals surface area contributed by atoms with Gasteiger partial charge in [0.1, 0.15) is 6.67 Å². The van der Waals surface area contributed by atoms with Crippen LogP contribution in [0.1, 0.15) is 13.3 Å². The van der Waals surface area contributed by atoms with E-state index >= 15 is 0 Å². The van der Waals surface area contributed by atoms with Crippen LogP contribution in [-0.2, 0) is 33.2 Å². The quantitative estimate of drug-likeness (QED) is 0.272. The normalized spacial score (nSPS) is 10.9. The lowest BCUT2D eigenvalue weighted by atomic mass is 10.5. The van der Waals surface area contributed by atoms with E-state index in [1.165, 1.54) is 0 Å². The molecule has 0 saturated carbocycles. The second-order valence-electron chi connectivity index (χ2n) is 4.31. The smallest absolute Gasteiger partial charge is 0.308 e. The summed E-state index contributed by atoms with van der Waals surface area (Å²) in [5.74, 6) is -0.252. The molecule has 0 bridgehead atoms. The lowest BCUT2D eigenvalue weighted by molar-refractivity contribution is -0.144. The lowest BCUT2D eigenvalue weighted by Crippen LogP contribution is -2.14. The monoisotopic (exact) mass is 340 g/mol. The summed E-state index contributed by atoms with van der Waals surface area (Å²) >= 11 is 0. The third-order valence-electron chi connectivity index (χ3n) is 2.47. The fraction of sp³-hybridized carbons (Fsp3) is 0.933. The number of rotatable bonds is 18. The molecule has 0 aromatic carbocycles. The molecule has 8 heteroatoms. The molecule has 0 unspecified atom stereocenters. The first-order valence-corrected chi connectivity index (χ1v) is 7.91. The molecular weight excluding hydrogens is 311 g/mol. The van der Waals surface area contributed by atoms with Crippen LogP contribution in [0, 0.1) is 0 Å². The Hall–Kier alpha value is -0.800. The van der Waals surface area contributed by atoms with Crippen molar-refractivity contribution in [2.45, 2.75) is 13.3 Å². The van der Waals surface area contributed by atoms with Gasteiger partial charge in [-0.3, -0.25) is 4.79 Å². The molecule has 0 atom stereocenters. The van der Waals surface area contributed by atoms with Gasteiger partial charge in [0, 0.05) is 0 Å². The van der Waals surface area contributed by atoms with Crippen LogP contribution in [-0.4, -0.2) is 85.3 Å². The van der Waals surface area contributed by atoms with Crippen molar-refractivity contribution in [1.82, 2.24) is 0 Å². The fourth-order valence-electron chi connectivity index (χ4n) is 1.42. The van der Waals surface area contributed by atoms with E-state index in [1.807, 2.05) is 0 Å². The Balaban J connectivity index is 3.01. The van der Waals surface area contributed by atoms with Crippen molar-refractivity contribution in [3.05, 3.63) is 0 Å². The van der Waals surface area contributed by atoms with Gasteiger partial charge in [0.25, 0.3) is 0 Å². The molecular formula is C15H29FO7. The predicted octanol–water partition coefficient (Wildman–Crippen LogP) is 0.992. The summed E-state index contributed by atoms with van der Waals surface area (Å²) in [7, 11) is 0. The van der Waals surface area contributed by atoms with E-state index in [0.29, 0.717) is 66.1 Å². The van der Waals surface area contributed by atoms with E-state index in [1.54, 1.807) is 6.92 Å². The molecule has 0 aromatic rings. The molecule has 0 N–H and O–H groups in total. The summed E-state index contributed by atoms with van der Waals surface area (Å²) in [4.78, 5) is 11.0. The Morgan fingerprint density at radius 2 is 1.09 bits per heavy atom. The van der Waals surface area contributed by atoms with E-state index in [4.69, 9.17) is 28.4 Å². The number of carbonyl (C=O) groups is 1. The van der Waals surface area contributed by atoms with Crippen LogP contribution in [0.25, 0.3) is 0 Å². The Kier molecular flexibility index (Phi) is 18.6. The van der Waals surface area contributed by atoms with Crippen LogP contribution in [0.3, 0.4) is 0 Å². The zero-order chi connectivity index (χ0) is 17.0. The summed E-state index contributed by atoms with van der Waals surface area (Å²) in [6.07, 6.45) is 0.260. The van der Waals surface area contributed by atoms with Crippen LogP contribution < -0.4 is 0 Å². The van der Waals surface area contributed by atoms with Gasteiger partial charge in [-0.25, -0.2) is 4.39 Å². The van der Waals surface area contributed by atoms with Crippen molar-refractivity contribution in [3.63, 3.8) is 0 Å². The highest BCUT2D eigenvalue weighted by Crippen LogP contribution is 1.89. The third kappa shape index (κ3) is 19.2. The average molecular weight is 340 g/mol. The first kappa shape index (κ1) is 22.2. The molecule has 0 aliphatic heterocycles. The zero-order valence-corrected chi connectivity index (χ0v) is 13.9. The van der Waals surface area contributed by atoms with Crippen LogP contribution >= 0.6 is 0 Å². The van der Waals surface area contributed by atoms with Gasteiger partial charge in [-0.1, -0.05) is 0 Å². The number of hydrogen-bond donors (Lipinski definition) is 0. The average Bonchev–Trinajstić information content (AvgIpc) is 2.54. The molecule has 138 valence electrons. The lowest BCUT2D eigenvalue weighted by Gasteiger charge is -2.07. The van der Waals surface area contributed by atoms with Gasteiger partial charge < -0.3 is 28.4 Å². The van der Waals surface area contributed by atoms with Crippen molar-refractivity contribution in [2.75, 3.05) is 79.4 Å². The van der Waals surface area contributed by atoms with Crippen LogP contribution in [0.2, 0.25) is 0 Å². The number of hydrogen-bond acceptors (Lipinski definition) is 7. The van der Waals surface area contributed by atoms with Crippen molar-refractivity contribution >= 4 is 5.97 Å². The minimum absolute atomic E-state index is 0.115. The number of halogens is 1. The van der Waals surface area contributed by atoms with Gasteiger partial charge in [0.05, 0.1) is 79.1 Å². The molecule has 0 aliphatic carbocycles. The highest BCUT2D eigenvalue weighted by molar-refractivity contribution is 5.69. The maximum Gasteiger partial charge on any atom is 0.308 e. The summed E-state index contributed by atoms with van der Waals surface area (Å²) in [6, 6.07) is 0. The molecule has 0 rings (SSSR count). The summed E-state index contributed by atoms with van der Waals surface area (Å²) in [5.41, 5.74) is 0. The summed E-state index contributed by atoms with van der Waals surface area (Å²) < 4.78 is 42.4. The molecule has 0 aromatic heterocycles. The maximum atomic E-state index is 11.7. The van der Waals surface area contributed by atoms with E-state index in [0.717, 1.165) is 0 Å². The van der Waals surface area contributed by atoms with Crippen LogP contribution in [0.4, 0.5) is 4.39 Å². The van der Waals surface area contributed by atoms with E-state index in [-0.39, 0.29) is 19.0 Å². The Bertz CT molecular complexity index is 254. The van der Waals surface area contributed by atoms with Crippen molar-refractivity contribution in [2.24, 2.45) is 0 Å². The number of esters is 1. The van der Waals surface area contributed by atoms with Crippen molar-refractivity contribution < 1.29 is 37.6 Å². The van der Waals surface area contributed by atoms with Gasteiger partial charge in [0.2, 0.25) is 0 Å². The minimum atomic E-state index is -0.473. The Morgan fingerprint density at radius 1 is 0.696 bits per heavy atom. The molecule has 0 radical (unpaired) electrons. The van der Waals surface area contributed by atoms with Gasteiger partial charge in [-0.2, -0.15) is 0 Å². The highest BCUT2D eigenvalue weighted by Gasteiger charge is 2.00. The predicted molar refractivity (Wildman–Crippen MR) is 81.3 cm³/mol. The second-order valence-corrected chi connectivity index (χ2v) is 4.31. The van der Waals surface area contributed by atoms with Gasteiger partial charge in [-0.15, -0.1) is 0 Å². The minimum Gasteiger partial charge on any atom is -0.466 e. The molecule has 0 amide bonds. The summed E-state index contributed by atoms with van der Waals surface area (Å²) in [6.45, 7) is 5.74. The third-order valence-corrected chi connectivity index (χ3v) is 2.47. The van der Waals surface area contributed by atoms with E-state index in [2.05, 4.69) is 0 Å². The highest BCUT2D eigenvalue weighted by atomic mass is 19.1. The molecule has 0 spiro atoms. The standard InChI is InChI=1S/C15H29FO7/c1-2-23-15(17)3-5-18-7-9-20-11-13-22-14-12-21-10-8-19-6-4-16/h2-14H2,1H3. The molecule has 7 nitrogen and oxygen atoms in total. The number of ether oxygens (including phenoxy) is 6. The van der Waals surface area contributed by atoms with Crippen molar-refractivity contribution in [3.8, 4) is 0 Å². The topological polar surface area (TPSA) is 72.5 Å². The zero-order valence-electron chi connectivity index (χ0n) is 13.9.